The van der Waals surface area contributed by atoms with E-state index in [1.807, 2.05) is 0 Å². The van der Waals surface area contributed by atoms with Gasteiger partial charge in [0.25, 0.3) is 0 Å². The third kappa shape index (κ3) is 3.67. The zero-order valence-electron chi connectivity index (χ0n) is 15.7. The van der Waals surface area contributed by atoms with Gasteiger partial charge in [0.15, 0.2) is 0 Å². The molecule has 26 heavy (non-hydrogen) atoms. The van der Waals surface area contributed by atoms with Crippen molar-refractivity contribution >= 4 is 0 Å². The average Bonchev–Trinajstić information content (AvgIpc) is 3.40. The highest BCUT2D eigenvalue weighted by Gasteiger charge is 2.48. The Hall–Kier alpha value is -1.41. The predicted octanol–water partition coefficient (Wildman–Crippen LogP) is 2.85. The van der Waals surface area contributed by atoms with Crippen LogP contribution in [-0.2, 0) is 0 Å². The average molecular weight is 354 g/mol. The van der Waals surface area contributed by atoms with E-state index in [-0.39, 0.29) is 12.1 Å². The Balaban J connectivity index is 1.25. The lowest BCUT2D eigenvalue weighted by Gasteiger charge is -2.56. The van der Waals surface area contributed by atoms with Crippen molar-refractivity contribution in [2.24, 2.45) is 11.8 Å². The number of nitrogens with zero attached hydrogens (tertiary/aromatic N) is 3. The molecule has 2 atom stereocenters. The number of rotatable bonds is 7. The summed E-state index contributed by atoms with van der Waals surface area (Å²) in [6, 6.07) is 13.4. The van der Waals surface area contributed by atoms with Gasteiger partial charge in [-0.15, -0.1) is 0 Å². The number of nitriles is 1. The Labute approximate surface area is 157 Å². The molecule has 140 valence electrons. The molecule has 4 heteroatoms. The van der Waals surface area contributed by atoms with E-state index >= 15 is 0 Å². The molecule has 1 aromatic rings. The van der Waals surface area contributed by atoms with Gasteiger partial charge in [0.05, 0.1) is 24.6 Å². The van der Waals surface area contributed by atoms with Crippen molar-refractivity contribution in [3.63, 3.8) is 0 Å². The highest BCUT2D eigenvalue weighted by Crippen LogP contribution is 2.52. The van der Waals surface area contributed by atoms with Gasteiger partial charge in [-0.25, -0.2) is 0 Å². The molecular weight excluding hydrogens is 322 g/mol. The number of β-amino-alcohol motifs (C(OH)–C–C–N with tert-alkyl or cyclic N) is 1. The van der Waals surface area contributed by atoms with Crippen LogP contribution in [0.5, 0.6) is 0 Å². The van der Waals surface area contributed by atoms with Crippen LogP contribution in [0.1, 0.15) is 43.6 Å². The SMILES string of the molecule is N#CCC1(N2CCC(C[C@@H]3CC3c3ccccc3)CC2)CN(CCO)C1. The highest BCUT2D eigenvalue weighted by atomic mass is 16.3. The number of piperidine rings is 1. The molecule has 1 N–H and O–H groups in total. The monoisotopic (exact) mass is 353 g/mol. The minimum atomic E-state index is 0.0566. The van der Waals surface area contributed by atoms with E-state index < -0.39 is 0 Å². The van der Waals surface area contributed by atoms with Gasteiger partial charge in [-0.3, -0.25) is 9.80 Å². The summed E-state index contributed by atoms with van der Waals surface area (Å²) in [6.45, 7) is 5.14. The second-order valence-corrected chi connectivity index (χ2v) is 8.67. The summed E-state index contributed by atoms with van der Waals surface area (Å²) in [6.07, 6.45) is 5.95. The van der Waals surface area contributed by atoms with Gasteiger partial charge in [0.2, 0.25) is 0 Å². The fourth-order valence-corrected chi connectivity index (χ4v) is 5.34. The molecule has 2 saturated heterocycles. The molecule has 0 radical (unpaired) electrons. The normalized spacial score (nSPS) is 29.1. The molecule has 1 aliphatic carbocycles. The molecular formula is C22H31N3O. The van der Waals surface area contributed by atoms with Crippen molar-refractivity contribution < 1.29 is 5.11 Å². The minimum absolute atomic E-state index is 0.0566. The first kappa shape index (κ1) is 18.0. The Bertz CT molecular complexity index is 627. The lowest BCUT2D eigenvalue weighted by atomic mass is 9.81. The summed E-state index contributed by atoms with van der Waals surface area (Å²) in [5.41, 5.74) is 1.59. The number of hydrogen-bond donors (Lipinski definition) is 1. The fraction of sp³-hybridized carbons (Fsp3) is 0.682. The molecule has 0 amide bonds. The van der Waals surface area contributed by atoms with Crippen LogP contribution in [0.4, 0.5) is 0 Å². The number of aliphatic hydroxyl groups is 1. The lowest BCUT2D eigenvalue weighted by molar-refractivity contribution is -0.0707. The molecule has 2 aliphatic heterocycles. The van der Waals surface area contributed by atoms with E-state index in [0.717, 1.165) is 50.5 Å². The number of likely N-dealkylation sites (tertiary alicyclic amines) is 2. The Morgan fingerprint density at radius 1 is 1.15 bits per heavy atom. The molecule has 1 saturated carbocycles. The van der Waals surface area contributed by atoms with Gasteiger partial charge in [0.1, 0.15) is 0 Å². The summed E-state index contributed by atoms with van der Waals surface area (Å²) < 4.78 is 0. The van der Waals surface area contributed by atoms with Crippen LogP contribution in [0.2, 0.25) is 0 Å². The second kappa shape index (κ2) is 7.68. The molecule has 3 fully saturated rings. The maximum atomic E-state index is 9.29. The molecule has 1 unspecified atom stereocenters. The maximum absolute atomic E-state index is 9.29. The van der Waals surface area contributed by atoms with Gasteiger partial charge < -0.3 is 5.11 Å². The van der Waals surface area contributed by atoms with Gasteiger partial charge in [-0.1, -0.05) is 30.3 Å². The van der Waals surface area contributed by atoms with Gasteiger partial charge >= 0.3 is 0 Å². The van der Waals surface area contributed by atoms with Crippen molar-refractivity contribution in [1.29, 1.82) is 5.26 Å². The topological polar surface area (TPSA) is 50.5 Å². The van der Waals surface area contributed by atoms with Crippen molar-refractivity contribution in [3.8, 4) is 6.07 Å². The molecule has 3 aliphatic rings. The smallest absolute Gasteiger partial charge is 0.0642 e. The molecule has 4 nitrogen and oxygen atoms in total. The van der Waals surface area contributed by atoms with E-state index in [1.165, 1.54) is 31.2 Å². The molecule has 0 spiro atoms. The Kier molecular flexibility index (Phi) is 5.31. The fourth-order valence-electron chi connectivity index (χ4n) is 5.34. The zero-order chi connectivity index (χ0) is 18.0. The maximum Gasteiger partial charge on any atom is 0.0642 e. The van der Waals surface area contributed by atoms with Gasteiger partial charge in [-0.2, -0.15) is 5.26 Å². The minimum Gasteiger partial charge on any atom is -0.395 e. The van der Waals surface area contributed by atoms with Crippen molar-refractivity contribution in [2.75, 3.05) is 39.3 Å². The predicted molar refractivity (Wildman–Crippen MR) is 103 cm³/mol. The summed E-state index contributed by atoms with van der Waals surface area (Å²) in [4.78, 5) is 4.86. The first-order valence-corrected chi connectivity index (χ1v) is 10.2. The quantitative estimate of drug-likeness (QED) is 0.819. The van der Waals surface area contributed by atoms with Crippen LogP contribution >= 0.6 is 0 Å². The molecule has 1 aromatic carbocycles. The highest BCUT2D eigenvalue weighted by molar-refractivity contribution is 5.25. The van der Waals surface area contributed by atoms with Crippen LogP contribution in [-0.4, -0.2) is 59.8 Å². The van der Waals surface area contributed by atoms with Gasteiger partial charge in [0, 0.05) is 19.6 Å². The van der Waals surface area contributed by atoms with Crippen LogP contribution in [0, 0.1) is 23.2 Å². The standard InChI is InChI=1S/C22H31N3O/c23-9-8-22(16-24(17-22)12-13-26)25-10-6-18(7-11-25)14-20-15-21(20)19-4-2-1-3-5-19/h1-5,18,20-21,26H,6-8,10-17H2/t20-,21?/m1/s1. The summed E-state index contributed by atoms with van der Waals surface area (Å²) >= 11 is 0. The summed E-state index contributed by atoms with van der Waals surface area (Å²) in [5, 5.41) is 18.4. The van der Waals surface area contributed by atoms with E-state index in [9.17, 15) is 5.26 Å². The second-order valence-electron chi connectivity index (χ2n) is 8.67. The first-order valence-electron chi connectivity index (χ1n) is 10.2. The number of benzene rings is 1. The molecule has 0 bridgehead atoms. The van der Waals surface area contributed by atoms with Crippen LogP contribution in [0.3, 0.4) is 0 Å². The third-order valence-electron chi connectivity index (χ3n) is 6.93. The first-order chi connectivity index (χ1) is 12.7. The molecule has 0 aromatic heterocycles. The number of hydrogen-bond acceptors (Lipinski definition) is 4. The summed E-state index contributed by atoms with van der Waals surface area (Å²) in [7, 11) is 0. The lowest BCUT2D eigenvalue weighted by Crippen LogP contribution is -2.71. The van der Waals surface area contributed by atoms with E-state index in [4.69, 9.17) is 5.11 Å². The van der Waals surface area contributed by atoms with Gasteiger partial charge in [-0.05, 0) is 62.1 Å². The van der Waals surface area contributed by atoms with E-state index in [1.54, 1.807) is 0 Å². The van der Waals surface area contributed by atoms with Crippen molar-refractivity contribution in [1.82, 2.24) is 9.80 Å². The largest absolute Gasteiger partial charge is 0.395 e. The number of aliphatic hydroxyl groups excluding tert-OH is 1. The Morgan fingerprint density at radius 2 is 1.88 bits per heavy atom. The van der Waals surface area contributed by atoms with Crippen LogP contribution in [0.25, 0.3) is 0 Å². The van der Waals surface area contributed by atoms with Crippen molar-refractivity contribution in [2.45, 2.75) is 43.6 Å². The Morgan fingerprint density at radius 3 is 2.54 bits per heavy atom. The van der Waals surface area contributed by atoms with Crippen LogP contribution in [0.15, 0.2) is 30.3 Å². The third-order valence-corrected chi connectivity index (χ3v) is 6.93. The zero-order valence-corrected chi connectivity index (χ0v) is 15.7. The van der Waals surface area contributed by atoms with Crippen LogP contribution < -0.4 is 0 Å². The van der Waals surface area contributed by atoms with Crippen molar-refractivity contribution in [3.05, 3.63) is 35.9 Å². The van der Waals surface area contributed by atoms with E-state index in [0.29, 0.717) is 6.42 Å². The molecule has 2 heterocycles. The van der Waals surface area contributed by atoms with E-state index in [2.05, 4.69) is 46.2 Å². The molecule has 4 rings (SSSR count). The summed E-state index contributed by atoms with van der Waals surface area (Å²) in [5.74, 6) is 2.56.